The van der Waals surface area contributed by atoms with Crippen molar-refractivity contribution >= 4 is 23.0 Å². The van der Waals surface area contributed by atoms with E-state index in [4.69, 9.17) is 4.74 Å². The second-order valence-electron chi connectivity index (χ2n) is 7.03. The van der Waals surface area contributed by atoms with Gasteiger partial charge in [0.05, 0.1) is 16.7 Å². The van der Waals surface area contributed by atoms with Gasteiger partial charge in [0.25, 0.3) is 11.6 Å². The lowest BCUT2D eigenvalue weighted by Gasteiger charge is -2.27. The van der Waals surface area contributed by atoms with Crippen LogP contribution in [0.5, 0.6) is 5.75 Å². The monoisotopic (exact) mass is 348 g/mol. The highest BCUT2D eigenvalue weighted by Gasteiger charge is 2.27. The first-order valence-corrected chi connectivity index (χ1v) is 8.67. The zero-order chi connectivity index (χ0) is 18.0. The fraction of sp³-hybridized carbons (Fsp3) is 0.588. The highest BCUT2D eigenvalue weighted by atomic mass is 16.6. The number of nitrogens with one attached hydrogen (secondary N) is 2. The third kappa shape index (κ3) is 4.01. The molecule has 0 spiro atoms. The van der Waals surface area contributed by atoms with Crippen molar-refractivity contribution in [2.75, 3.05) is 36.9 Å². The molecule has 25 heavy (non-hydrogen) atoms. The molecular weight excluding hydrogens is 324 g/mol. The Morgan fingerprint density at radius 1 is 1.48 bits per heavy atom. The Kier molecular flexibility index (Phi) is 5.08. The Hall–Kier alpha value is -2.35. The molecule has 0 bridgehead atoms. The molecule has 0 aromatic heterocycles. The zero-order valence-corrected chi connectivity index (χ0v) is 14.6. The minimum atomic E-state index is -0.428. The molecule has 0 unspecified atom stereocenters. The quantitative estimate of drug-likeness (QED) is 0.605. The maximum atomic E-state index is 11.5. The fourth-order valence-corrected chi connectivity index (χ4v) is 3.47. The van der Waals surface area contributed by atoms with Crippen LogP contribution in [0.25, 0.3) is 0 Å². The standard InChI is InChI=1S/C17H24N4O4/c1-11(2)9-20-5-3-4-12(20)8-18-13-6-14-16(7-15(13)21(23)24)25-10-17(22)19-14/h6-7,11-12,18H,3-5,8-10H2,1-2H3,(H,19,22)/t12-/m1/s1. The molecule has 2 N–H and O–H groups in total. The highest BCUT2D eigenvalue weighted by molar-refractivity contribution is 5.96. The second kappa shape index (κ2) is 7.26. The Morgan fingerprint density at radius 3 is 3.00 bits per heavy atom. The van der Waals surface area contributed by atoms with Crippen LogP contribution in [-0.4, -0.2) is 48.0 Å². The number of nitro groups is 1. The van der Waals surface area contributed by atoms with E-state index in [2.05, 4.69) is 29.4 Å². The van der Waals surface area contributed by atoms with E-state index in [1.54, 1.807) is 6.07 Å². The lowest BCUT2D eigenvalue weighted by atomic mass is 10.1. The van der Waals surface area contributed by atoms with E-state index < -0.39 is 4.92 Å². The number of amides is 1. The van der Waals surface area contributed by atoms with E-state index in [0.29, 0.717) is 35.6 Å². The first-order chi connectivity index (χ1) is 11.9. The van der Waals surface area contributed by atoms with Gasteiger partial charge in [-0.1, -0.05) is 13.8 Å². The Morgan fingerprint density at radius 2 is 2.28 bits per heavy atom. The van der Waals surface area contributed by atoms with Crippen LogP contribution < -0.4 is 15.4 Å². The van der Waals surface area contributed by atoms with Crippen molar-refractivity contribution < 1.29 is 14.5 Å². The minimum Gasteiger partial charge on any atom is -0.481 e. The number of ether oxygens (including phenoxy) is 1. The van der Waals surface area contributed by atoms with Crippen LogP contribution in [0.3, 0.4) is 0 Å². The molecule has 2 heterocycles. The number of carbonyl (C=O) groups is 1. The van der Waals surface area contributed by atoms with Crippen LogP contribution in [0.15, 0.2) is 12.1 Å². The van der Waals surface area contributed by atoms with Crippen LogP contribution in [0.1, 0.15) is 26.7 Å². The van der Waals surface area contributed by atoms with E-state index in [-0.39, 0.29) is 18.2 Å². The molecule has 0 radical (unpaired) electrons. The minimum absolute atomic E-state index is 0.0386. The van der Waals surface area contributed by atoms with E-state index in [0.717, 1.165) is 25.9 Å². The number of fused-ring (bicyclic) bond motifs is 1. The molecule has 1 amide bonds. The van der Waals surface area contributed by atoms with Crippen LogP contribution in [-0.2, 0) is 4.79 Å². The smallest absolute Gasteiger partial charge is 0.296 e. The van der Waals surface area contributed by atoms with Crippen LogP contribution in [0.4, 0.5) is 17.1 Å². The number of nitro benzene ring substituents is 1. The largest absolute Gasteiger partial charge is 0.481 e. The Balaban J connectivity index is 1.76. The SMILES string of the molecule is CC(C)CN1CCC[C@@H]1CNc1cc2c(cc1[N+](=O)[O-])OCC(=O)N2. The van der Waals surface area contributed by atoms with Gasteiger partial charge in [0.1, 0.15) is 5.69 Å². The van der Waals surface area contributed by atoms with E-state index in [1.807, 2.05) is 0 Å². The molecule has 0 saturated carbocycles. The number of carbonyl (C=O) groups excluding carboxylic acids is 1. The average molecular weight is 348 g/mol. The molecule has 8 heteroatoms. The molecule has 8 nitrogen and oxygen atoms in total. The van der Waals surface area contributed by atoms with Crippen molar-refractivity contribution in [2.24, 2.45) is 5.92 Å². The third-order valence-corrected chi connectivity index (χ3v) is 4.55. The summed E-state index contributed by atoms with van der Waals surface area (Å²) in [6.45, 7) is 7.01. The van der Waals surface area contributed by atoms with Gasteiger partial charge in [-0.3, -0.25) is 19.8 Å². The summed E-state index contributed by atoms with van der Waals surface area (Å²) >= 11 is 0. The maximum Gasteiger partial charge on any atom is 0.296 e. The average Bonchev–Trinajstić information content (AvgIpc) is 2.98. The molecule has 1 saturated heterocycles. The van der Waals surface area contributed by atoms with Gasteiger partial charge in [-0.25, -0.2) is 0 Å². The normalized spacial score (nSPS) is 20.1. The first-order valence-electron chi connectivity index (χ1n) is 8.67. The molecule has 1 aromatic carbocycles. The molecular formula is C17H24N4O4. The zero-order valence-electron chi connectivity index (χ0n) is 14.6. The highest BCUT2D eigenvalue weighted by Crippen LogP contribution is 2.38. The number of likely N-dealkylation sites (tertiary alicyclic amines) is 1. The summed E-state index contributed by atoms with van der Waals surface area (Å²) in [5.41, 5.74) is 0.837. The summed E-state index contributed by atoms with van der Waals surface area (Å²) in [4.78, 5) is 24.9. The van der Waals surface area contributed by atoms with Gasteiger partial charge in [-0.05, 0) is 31.4 Å². The maximum absolute atomic E-state index is 11.5. The summed E-state index contributed by atoms with van der Waals surface area (Å²) in [6.07, 6.45) is 2.23. The van der Waals surface area contributed by atoms with Crippen molar-refractivity contribution in [1.29, 1.82) is 0 Å². The molecule has 0 aliphatic carbocycles. The number of hydrogen-bond acceptors (Lipinski definition) is 6. The Bertz CT molecular complexity index is 677. The van der Waals surface area contributed by atoms with Crippen LogP contribution >= 0.6 is 0 Å². The topological polar surface area (TPSA) is 96.7 Å². The number of rotatable bonds is 6. The molecule has 1 fully saturated rings. The lowest BCUT2D eigenvalue weighted by Crippen LogP contribution is -2.37. The molecule has 2 aliphatic heterocycles. The van der Waals surface area contributed by atoms with Crippen molar-refractivity contribution in [2.45, 2.75) is 32.7 Å². The summed E-state index contributed by atoms with van der Waals surface area (Å²) in [7, 11) is 0. The third-order valence-electron chi connectivity index (χ3n) is 4.55. The molecule has 1 atom stereocenters. The van der Waals surface area contributed by atoms with Gasteiger partial charge in [0, 0.05) is 19.1 Å². The molecule has 3 rings (SSSR count). The van der Waals surface area contributed by atoms with Crippen molar-refractivity contribution in [3.63, 3.8) is 0 Å². The van der Waals surface area contributed by atoms with E-state index in [1.165, 1.54) is 6.07 Å². The molecule has 1 aromatic rings. The van der Waals surface area contributed by atoms with Crippen molar-refractivity contribution in [3.8, 4) is 5.75 Å². The molecule has 136 valence electrons. The van der Waals surface area contributed by atoms with Gasteiger partial charge < -0.3 is 15.4 Å². The van der Waals surface area contributed by atoms with Gasteiger partial charge in [0.2, 0.25) is 0 Å². The predicted molar refractivity (Wildman–Crippen MR) is 95.1 cm³/mol. The number of hydrogen-bond donors (Lipinski definition) is 2. The van der Waals surface area contributed by atoms with E-state index >= 15 is 0 Å². The van der Waals surface area contributed by atoms with Crippen LogP contribution in [0.2, 0.25) is 0 Å². The summed E-state index contributed by atoms with van der Waals surface area (Å²) < 4.78 is 5.27. The number of nitrogens with zero attached hydrogens (tertiary/aromatic N) is 2. The Labute approximate surface area is 146 Å². The van der Waals surface area contributed by atoms with Gasteiger partial charge in [0.15, 0.2) is 12.4 Å². The predicted octanol–water partition coefficient (Wildman–Crippen LogP) is 2.46. The van der Waals surface area contributed by atoms with Crippen molar-refractivity contribution in [3.05, 3.63) is 22.2 Å². The summed E-state index contributed by atoms with van der Waals surface area (Å²) in [6, 6.07) is 3.33. The lowest BCUT2D eigenvalue weighted by molar-refractivity contribution is -0.384. The van der Waals surface area contributed by atoms with Gasteiger partial charge in [-0.2, -0.15) is 0 Å². The van der Waals surface area contributed by atoms with Gasteiger partial charge in [-0.15, -0.1) is 0 Å². The summed E-state index contributed by atoms with van der Waals surface area (Å²) in [5.74, 6) is 0.663. The molecule has 2 aliphatic rings. The first kappa shape index (κ1) is 17.5. The van der Waals surface area contributed by atoms with Gasteiger partial charge >= 0.3 is 0 Å². The number of anilines is 2. The van der Waals surface area contributed by atoms with Crippen LogP contribution in [0, 0.1) is 16.0 Å². The van der Waals surface area contributed by atoms with E-state index in [9.17, 15) is 14.9 Å². The fourth-order valence-electron chi connectivity index (χ4n) is 3.47. The second-order valence-corrected chi connectivity index (χ2v) is 7.03. The summed E-state index contributed by atoms with van der Waals surface area (Å²) in [5, 5.41) is 17.3. The number of benzene rings is 1. The van der Waals surface area contributed by atoms with Crippen molar-refractivity contribution in [1.82, 2.24) is 4.90 Å².